The third-order valence-corrected chi connectivity index (χ3v) is 4.45. The minimum absolute atomic E-state index is 0.0221. The molecular weight excluding hydrogens is 338 g/mol. The number of nitrogens with one attached hydrogen (secondary N) is 1. The van der Waals surface area contributed by atoms with Crippen LogP contribution in [0.1, 0.15) is 37.3 Å². The van der Waals surface area contributed by atoms with Gasteiger partial charge in [0.05, 0.1) is 0 Å². The van der Waals surface area contributed by atoms with Gasteiger partial charge in [0.1, 0.15) is 0 Å². The van der Waals surface area contributed by atoms with Gasteiger partial charge in [-0.2, -0.15) is 0 Å². The highest BCUT2D eigenvalue weighted by atomic mass is 79.9. The summed E-state index contributed by atoms with van der Waals surface area (Å²) in [5, 5.41) is 0.593. The lowest BCUT2D eigenvalue weighted by atomic mass is 9.94. The van der Waals surface area contributed by atoms with Gasteiger partial charge in [0.25, 0.3) is 0 Å². The number of hydrogen-bond donors (Lipinski definition) is 2. The average molecular weight is 354 g/mol. The zero-order valence-electron chi connectivity index (χ0n) is 10.3. The van der Waals surface area contributed by atoms with Crippen LogP contribution >= 0.6 is 27.5 Å². The first-order chi connectivity index (χ1) is 8.91. The first-order valence-electron chi connectivity index (χ1n) is 6.20. The van der Waals surface area contributed by atoms with Crippen molar-refractivity contribution in [3.05, 3.63) is 33.3 Å². The molecule has 1 saturated carbocycles. The molecule has 0 spiro atoms. The summed E-state index contributed by atoms with van der Waals surface area (Å²) in [6.45, 7) is 0. The molecule has 0 aliphatic heterocycles. The van der Waals surface area contributed by atoms with Crippen LogP contribution in [0.4, 0.5) is 8.78 Å². The smallest absolute Gasteiger partial charge is 0.248 e. The fourth-order valence-corrected chi connectivity index (χ4v) is 3.27. The molecule has 2 atom stereocenters. The molecule has 0 amide bonds. The van der Waals surface area contributed by atoms with E-state index in [1.54, 1.807) is 6.07 Å². The Morgan fingerprint density at radius 3 is 2.84 bits per heavy atom. The van der Waals surface area contributed by atoms with Crippen LogP contribution in [0.3, 0.4) is 0 Å². The van der Waals surface area contributed by atoms with Crippen molar-refractivity contribution in [1.82, 2.24) is 5.43 Å². The largest absolute Gasteiger partial charge is 0.271 e. The average Bonchev–Trinajstić information content (AvgIpc) is 2.69. The summed E-state index contributed by atoms with van der Waals surface area (Å²) >= 11 is 9.52. The standard InChI is InChI=1S/C13H16BrClF2N2/c14-9-1-2-11(15)10(6-9)12(19-18)5-8-3-4-13(16,17)7-8/h1-2,6,8,12,19H,3-5,7,18H2. The number of nitrogens with two attached hydrogens (primary N) is 1. The zero-order valence-corrected chi connectivity index (χ0v) is 12.6. The third-order valence-electron chi connectivity index (χ3n) is 3.61. The van der Waals surface area contributed by atoms with Crippen molar-refractivity contribution in [2.24, 2.45) is 11.8 Å². The van der Waals surface area contributed by atoms with Crippen LogP contribution in [0.2, 0.25) is 5.02 Å². The second-order valence-electron chi connectivity index (χ2n) is 5.09. The van der Waals surface area contributed by atoms with E-state index in [0.717, 1.165) is 10.0 Å². The van der Waals surface area contributed by atoms with Gasteiger partial charge in [-0.25, -0.2) is 8.78 Å². The second kappa shape index (κ2) is 6.04. The molecule has 0 bridgehead atoms. The lowest BCUT2D eigenvalue weighted by Crippen LogP contribution is -2.30. The van der Waals surface area contributed by atoms with Crippen molar-refractivity contribution in [3.8, 4) is 0 Å². The molecule has 3 N–H and O–H groups in total. The molecule has 2 rings (SSSR count). The number of benzene rings is 1. The van der Waals surface area contributed by atoms with Gasteiger partial charge in [0.15, 0.2) is 0 Å². The van der Waals surface area contributed by atoms with E-state index in [2.05, 4.69) is 21.4 Å². The van der Waals surface area contributed by atoms with E-state index in [1.807, 2.05) is 12.1 Å². The van der Waals surface area contributed by atoms with Crippen molar-refractivity contribution >= 4 is 27.5 Å². The van der Waals surface area contributed by atoms with Crippen LogP contribution < -0.4 is 11.3 Å². The van der Waals surface area contributed by atoms with Gasteiger partial charge in [0, 0.05) is 28.4 Å². The zero-order chi connectivity index (χ0) is 14.0. The summed E-state index contributed by atoms with van der Waals surface area (Å²) in [6.07, 6.45) is 1.02. The van der Waals surface area contributed by atoms with Gasteiger partial charge < -0.3 is 0 Å². The van der Waals surface area contributed by atoms with Crippen LogP contribution in [0.25, 0.3) is 0 Å². The molecule has 0 radical (unpaired) electrons. The van der Waals surface area contributed by atoms with Gasteiger partial charge in [-0.3, -0.25) is 11.3 Å². The number of alkyl halides is 2. The minimum atomic E-state index is -2.52. The van der Waals surface area contributed by atoms with Crippen LogP contribution in [-0.4, -0.2) is 5.92 Å². The van der Waals surface area contributed by atoms with Gasteiger partial charge in [-0.05, 0) is 42.5 Å². The van der Waals surface area contributed by atoms with Crippen molar-refractivity contribution in [2.45, 2.75) is 37.6 Å². The molecule has 106 valence electrons. The highest BCUT2D eigenvalue weighted by molar-refractivity contribution is 9.10. The minimum Gasteiger partial charge on any atom is -0.271 e. The fourth-order valence-electron chi connectivity index (χ4n) is 2.64. The highest BCUT2D eigenvalue weighted by Gasteiger charge is 2.40. The van der Waals surface area contributed by atoms with Crippen molar-refractivity contribution in [2.75, 3.05) is 0 Å². The molecular formula is C13H16BrClF2N2. The molecule has 0 aromatic heterocycles. The van der Waals surface area contributed by atoms with Gasteiger partial charge in [0.2, 0.25) is 5.92 Å². The van der Waals surface area contributed by atoms with Gasteiger partial charge in [-0.1, -0.05) is 27.5 Å². The van der Waals surface area contributed by atoms with Crippen LogP contribution in [0.15, 0.2) is 22.7 Å². The van der Waals surface area contributed by atoms with Crippen LogP contribution in [0.5, 0.6) is 0 Å². The molecule has 2 nitrogen and oxygen atoms in total. The monoisotopic (exact) mass is 352 g/mol. The Balaban J connectivity index is 2.10. The lowest BCUT2D eigenvalue weighted by molar-refractivity contribution is 0.00430. The maximum Gasteiger partial charge on any atom is 0.248 e. The molecule has 19 heavy (non-hydrogen) atoms. The molecule has 2 unspecified atom stereocenters. The summed E-state index contributed by atoms with van der Waals surface area (Å²) in [7, 11) is 0. The summed E-state index contributed by atoms with van der Waals surface area (Å²) < 4.78 is 27.3. The summed E-state index contributed by atoms with van der Waals surface area (Å²) in [4.78, 5) is 0. The summed E-state index contributed by atoms with van der Waals surface area (Å²) in [5.41, 5.74) is 3.53. The Bertz CT molecular complexity index is 456. The highest BCUT2D eigenvalue weighted by Crippen LogP contribution is 2.43. The quantitative estimate of drug-likeness (QED) is 0.620. The Hall–Kier alpha value is -0.230. The Morgan fingerprint density at radius 2 is 2.26 bits per heavy atom. The van der Waals surface area contributed by atoms with Crippen LogP contribution in [-0.2, 0) is 0 Å². The number of halogens is 4. The molecule has 1 fully saturated rings. The summed E-state index contributed by atoms with van der Waals surface area (Å²) in [5.74, 6) is 3.01. The normalized spacial score (nSPS) is 23.5. The molecule has 6 heteroatoms. The van der Waals surface area contributed by atoms with E-state index in [9.17, 15) is 8.78 Å². The Morgan fingerprint density at radius 1 is 1.53 bits per heavy atom. The maximum atomic E-state index is 13.2. The van der Waals surface area contributed by atoms with Gasteiger partial charge >= 0.3 is 0 Å². The first-order valence-corrected chi connectivity index (χ1v) is 7.37. The molecule has 1 aromatic rings. The predicted octanol–water partition coefficient (Wildman–Crippen LogP) is 4.43. The summed E-state index contributed by atoms with van der Waals surface area (Å²) in [6, 6.07) is 5.28. The van der Waals surface area contributed by atoms with Gasteiger partial charge in [-0.15, -0.1) is 0 Å². The third kappa shape index (κ3) is 3.88. The van der Waals surface area contributed by atoms with E-state index in [1.165, 1.54) is 0 Å². The molecule has 0 heterocycles. The molecule has 1 aliphatic rings. The Labute approximate surface area is 124 Å². The van der Waals surface area contributed by atoms with E-state index in [0.29, 0.717) is 17.9 Å². The first kappa shape index (κ1) is 15.2. The van der Waals surface area contributed by atoms with E-state index >= 15 is 0 Å². The van der Waals surface area contributed by atoms with E-state index in [-0.39, 0.29) is 24.8 Å². The predicted molar refractivity (Wildman–Crippen MR) is 76.1 cm³/mol. The molecule has 0 saturated heterocycles. The van der Waals surface area contributed by atoms with Crippen molar-refractivity contribution < 1.29 is 8.78 Å². The van der Waals surface area contributed by atoms with Crippen molar-refractivity contribution in [3.63, 3.8) is 0 Å². The maximum absolute atomic E-state index is 13.2. The molecule has 1 aromatic carbocycles. The van der Waals surface area contributed by atoms with E-state index in [4.69, 9.17) is 17.4 Å². The number of rotatable bonds is 4. The van der Waals surface area contributed by atoms with Crippen molar-refractivity contribution in [1.29, 1.82) is 0 Å². The topological polar surface area (TPSA) is 38.0 Å². The molecule has 1 aliphatic carbocycles. The number of hydrogen-bond acceptors (Lipinski definition) is 2. The second-order valence-corrected chi connectivity index (χ2v) is 6.41. The lowest BCUT2D eigenvalue weighted by Gasteiger charge is -2.21. The van der Waals surface area contributed by atoms with Crippen LogP contribution in [0, 0.1) is 5.92 Å². The van der Waals surface area contributed by atoms with E-state index < -0.39 is 5.92 Å². The number of hydrazine groups is 1. The Kier molecular flexibility index (Phi) is 4.82. The fraction of sp³-hybridized carbons (Fsp3) is 0.538. The SMILES string of the molecule is NNC(CC1CCC(F)(F)C1)c1cc(Br)ccc1Cl.